The van der Waals surface area contributed by atoms with Crippen molar-refractivity contribution in [3.63, 3.8) is 0 Å². The highest BCUT2D eigenvalue weighted by molar-refractivity contribution is 5.25. The van der Waals surface area contributed by atoms with Crippen molar-refractivity contribution in [2.24, 2.45) is 17.6 Å². The van der Waals surface area contributed by atoms with Crippen molar-refractivity contribution in [3.8, 4) is 0 Å². The third-order valence-corrected chi connectivity index (χ3v) is 2.73. The Bertz CT molecular complexity index is 285. The van der Waals surface area contributed by atoms with E-state index in [1.165, 1.54) is 11.1 Å². The number of hydrogen-bond donors (Lipinski definition) is 1. The van der Waals surface area contributed by atoms with Gasteiger partial charge in [0.2, 0.25) is 0 Å². The number of rotatable bonds is 4. The Balaban J connectivity index is 2.72. The zero-order chi connectivity index (χ0) is 11.4. The molecule has 0 aliphatic rings. The van der Waals surface area contributed by atoms with Crippen LogP contribution in [0.1, 0.15) is 44.9 Å². The van der Waals surface area contributed by atoms with E-state index in [0.29, 0.717) is 5.92 Å². The van der Waals surface area contributed by atoms with Crippen LogP contribution >= 0.6 is 0 Å². The lowest BCUT2D eigenvalue weighted by atomic mass is 9.94. The highest BCUT2D eigenvalue weighted by Gasteiger charge is 2.09. The second-order valence-corrected chi connectivity index (χ2v) is 5.11. The molecule has 1 atom stereocenters. The van der Waals surface area contributed by atoms with Crippen molar-refractivity contribution < 1.29 is 0 Å². The van der Waals surface area contributed by atoms with Crippen molar-refractivity contribution in [3.05, 3.63) is 35.4 Å². The minimum absolute atomic E-state index is 0.165. The second-order valence-electron chi connectivity index (χ2n) is 5.11. The summed E-state index contributed by atoms with van der Waals surface area (Å²) in [6.07, 6.45) is 1.15. The molecule has 0 spiro atoms. The van der Waals surface area contributed by atoms with Gasteiger partial charge in [-0.25, -0.2) is 0 Å². The van der Waals surface area contributed by atoms with Crippen molar-refractivity contribution in [2.45, 2.75) is 40.2 Å². The van der Waals surface area contributed by atoms with E-state index in [2.05, 4.69) is 52.0 Å². The Morgan fingerprint density at radius 3 is 1.93 bits per heavy atom. The summed E-state index contributed by atoms with van der Waals surface area (Å²) in [4.78, 5) is 0. The predicted molar refractivity (Wildman–Crippen MR) is 66.8 cm³/mol. The molecule has 0 fully saturated rings. The van der Waals surface area contributed by atoms with Gasteiger partial charge in [0.1, 0.15) is 0 Å². The number of benzene rings is 1. The summed E-state index contributed by atoms with van der Waals surface area (Å²) in [5.74, 6) is 1.22. The Hall–Kier alpha value is -0.820. The largest absolute Gasteiger partial charge is 0.324 e. The zero-order valence-electron chi connectivity index (χ0n) is 10.3. The van der Waals surface area contributed by atoms with Gasteiger partial charge in [0, 0.05) is 6.04 Å². The van der Waals surface area contributed by atoms with Gasteiger partial charge in [-0.15, -0.1) is 0 Å². The van der Waals surface area contributed by atoms with E-state index in [1.54, 1.807) is 0 Å². The van der Waals surface area contributed by atoms with Crippen LogP contribution in [0.3, 0.4) is 0 Å². The quantitative estimate of drug-likeness (QED) is 0.799. The second kappa shape index (κ2) is 5.32. The summed E-state index contributed by atoms with van der Waals surface area (Å²) in [6.45, 7) is 8.81. The van der Waals surface area contributed by atoms with Crippen LogP contribution in [0.4, 0.5) is 0 Å². The number of hydrogen-bond acceptors (Lipinski definition) is 1. The SMILES string of the molecule is CC(C)Cc1ccc(C(N)C(C)C)cc1. The fourth-order valence-corrected chi connectivity index (χ4v) is 1.73. The monoisotopic (exact) mass is 205 g/mol. The van der Waals surface area contributed by atoms with Crippen LogP contribution in [0, 0.1) is 11.8 Å². The highest BCUT2D eigenvalue weighted by atomic mass is 14.6. The predicted octanol–water partition coefficient (Wildman–Crippen LogP) is 3.54. The molecule has 84 valence electrons. The first-order valence-corrected chi connectivity index (χ1v) is 5.85. The first-order chi connectivity index (χ1) is 7.00. The van der Waals surface area contributed by atoms with E-state index in [0.717, 1.165) is 12.3 Å². The lowest BCUT2D eigenvalue weighted by molar-refractivity contribution is 0.514. The minimum atomic E-state index is 0.165. The van der Waals surface area contributed by atoms with E-state index in [4.69, 9.17) is 5.73 Å². The Labute approximate surface area is 93.7 Å². The van der Waals surface area contributed by atoms with Crippen LogP contribution in [0.15, 0.2) is 24.3 Å². The highest BCUT2D eigenvalue weighted by Crippen LogP contribution is 2.19. The van der Waals surface area contributed by atoms with Gasteiger partial charge in [0.05, 0.1) is 0 Å². The fourth-order valence-electron chi connectivity index (χ4n) is 1.73. The van der Waals surface area contributed by atoms with Gasteiger partial charge in [-0.3, -0.25) is 0 Å². The maximum Gasteiger partial charge on any atom is 0.0318 e. The van der Waals surface area contributed by atoms with Crippen LogP contribution in [0.25, 0.3) is 0 Å². The van der Waals surface area contributed by atoms with Gasteiger partial charge in [-0.1, -0.05) is 52.0 Å². The van der Waals surface area contributed by atoms with Crippen molar-refractivity contribution in [1.29, 1.82) is 0 Å². The summed E-state index contributed by atoms with van der Waals surface area (Å²) < 4.78 is 0. The van der Waals surface area contributed by atoms with E-state index < -0.39 is 0 Å². The number of nitrogens with two attached hydrogens (primary N) is 1. The topological polar surface area (TPSA) is 26.0 Å². The van der Waals surface area contributed by atoms with Crippen molar-refractivity contribution in [2.75, 3.05) is 0 Å². The molecule has 2 N–H and O–H groups in total. The Kier molecular flexibility index (Phi) is 4.34. The third-order valence-electron chi connectivity index (χ3n) is 2.73. The molecule has 1 aromatic carbocycles. The molecule has 1 heteroatoms. The molecule has 0 aliphatic carbocycles. The van der Waals surface area contributed by atoms with E-state index in [1.807, 2.05) is 0 Å². The van der Waals surface area contributed by atoms with Crippen LogP contribution in [-0.4, -0.2) is 0 Å². The summed E-state index contributed by atoms with van der Waals surface area (Å²) in [5.41, 5.74) is 8.74. The lowest BCUT2D eigenvalue weighted by Crippen LogP contribution is -2.16. The molecule has 0 amide bonds. The molecule has 1 rings (SSSR count). The third kappa shape index (κ3) is 3.67. The van der Waals surface area contributed by atoms with Gasteiger partial charge in [-0.2, -0.15) is 0 Å². The average Bonchev–Trinajstić information content (AvgIpc) is 2.17. The maximum absolute atomic E-state index is 6.09. The first kappa shape index (κ1) is 12.3. The van der Waals surface area contributed by atoms with Crippen LogP contribution in [0.2, 0.25) is 0 Å². The van der Waals surface area contributed by atoms with Crippen LogP contribution in [0.5, 0.6) is 0 Å². The maximum atomic E-state index is 6.09. The summed E-state index contributed by atoms with van der Waals surface area (Å²) in [6, 6.07) is 8.91. The lowest BCUT2D eigenvalue weighted by Gasteiger charge is -2.16. The molecule has 1 nitrogen and oxygen atoms in total. The molecule has 0 aliphatic heterocycles. The summed E-state index contributed by atoms with van der Waals surface area (Å²) in [7, 11) is 0. The molecule has 0 saturated carbocycles. The first-order valence-electron chi connectivity index (χ1n) is 5.85. The Morgan fingerprint density at radius 2 is 1.53 bits per heavy atom. The summed E-state index contributed by atoms with van der Waals surface area (Å²) in [5, 5.41) is 0. The molecule has 0 saturated heterocycles. The molecule has 0 bridgehead atoms. The molecular weight excluding hydrogens is 182 g/mol. The van der Waals surface area contributed by atoms with Gasteiger partial charge < -0.3 is 5.73 Å². The molecule has 0 heterocycles. The van der Waals surface area contributed by atoms with E-state index in [9.17, 15) is 0 Å². The van der Waals surface area contributed by atoms with Gasteiger partial charge >= 0.3 is 0 Å². The molecule has 0 radical (unpaired) electrons. The molecular formula is C14H23N. The normalized spacial score (nSPS) is 13.5. The average molecular weight is 205 g/mol. The smallest absolute Gasteiger partial charge is 0.0318 e. The van der Waals surface area contributed by atoms with Gasteiger partial charge in [0.25, 0.3) is 0 Å². The molecule has 1 aromatic rings. The standard InChI is InChI=1S/C14H23N/c1-10(2)9-12-5-7-13(8-6-12)14(15)11(3)4/h5-8,10-11,14H,9,15H2,1-4H3. The zero-order valence-corrected chi connectivity index (χ0v) is 10.3. The van der Waals surface area contributed by atoms with Crippen LogP contribution < -0.4 is 5.73 Å². The summed E-state index contributed by atoms with van der Waals surface area (Å²) >= 11 is 0. The van der Waals surface area contributed by atoms with Gasteiger partial charge in [-0.05, 0) is 29.4 Å². The minimum Gasteiger partial charge on any atom is -0.324 e. The fraction of sp³-hybridized carbons (Fsp3) is 0.571. The van der Waals surface area contributed by atoms with E-state index >= 15 is 0 Å². The van der Waals surface area contributed by atoms with E-state index in [-0.39, 0.29) is 6.04 Å². The van der Waals surface area contributed by atoms with Gasteiger partial charge in [0.15, 0.2) is 0 Å². The molecule has 0 aromatic heterocycles. The molecule has 15 heavy (non-hydrogen) atoms. The molecule has 1 unspecified atom stereocenters. The van der Waals surface area contributed by atoms with Crippen LogP contribution in [-0.2, 0) is 6.42 Å². The van der Waals surface area contributed by atoms with Crippen molar-refractivity contribution in [1.82, 2.24) is 0 Å². The Morgan fingerprint density at radius 1 is 1.00 bits per heavy atom. The van der Waals surface area contributed by atoms with Crippen molar-refractivity contribution >= 4 is 0 Å².